The molecule has 0 fully saturated rings. The molecule has 4 heteroatoms. The summed E-state index contributed by atoms with van der Waals surface area (Å²) in [5.74, 6) is 0. The number of anilines is 1. The fraction of sp³-hybridized carbons (Fsp3) is 0.520. The van der Waals surface area contributed by atoms with Crippen molar-refractivity contribution in [1.29, 1.82) is 0 Å². The Morgan fingerprint density at radius 1 is 0.690 bits per heavy atom. The Morgan fingerprint density at radius 2 is 1.21 bits per heavy atom. The van der Waals surface area contributed by atoms with Crippen LogP contribution in [-0.2, 0) is 16.4 Å². The quantitative estimate of drug-likeness (QED) is 0.330. The predicted molar refractivity (Wildman–Crippen MR) is 124 cm³/mol. The van der Waals surface area contributed by atoms with E-state index in [9.17, 15) is 8.42 Å². The van der Waals surface area contributed by atoms with Gasteiger partial charge in [-0.2, -0.15) is 0 Å². The molecule has 0 aliphatic heterocycles. The number of hydrogen-bond acceptors (Lipinski definition) is 2. The van der Waals surface area contributed by atoms with E-state index in [4.69, 9.17) is 0 Å². The molecule has 0 radical (unpaired) electrons. The summed E-state index contributed by atoms with van der Waals surface area (Å²) in [6.45, 7) is 4.24. The summed E-state index contributed by atoms with van der Waals surface area (Å²) in [5.41, 5.74) is 2.90. The minimum atomic E-state index is -3.54. The summed E-state index contributed by atoms with van der Waals surface area (Å²) in [6, 6.07) is 14.7. The van der Waals surface area contributed by atoms with Gasteiger partial charge in [-0.25, -0.2) is 8.42 Å². The minimum Gasteiger partial charge on any atom is -0.280 e. The van der Waals surface area contributed by atoms with E-state index < -0.39 is 10.0 Å². The van der Waals surface area contributed by atoms with Crippen molar-refractivity contribution in [2.45, 2.75) is 89.4 Å². The Bertz CT molecular complexity index is 796. The number of rotatable bonds is 14. The zero-order valence-corrected chi connectivity index (χ0v) is 18.9. The summed E-state index contributed by atoms with van der Waals surface area (Å²) in [7, 11) is -3.54. The van der Waals surface area contributed by atoms with Gasteiger partial charge in [0, 0.05) is 5.69 Å². The summed E-state index contributed by atoms with van der Waals surface area (Å²) in [4.78, 5) is 0.310. The van der Waals surface area contributed by atoms with Gasteiger partial charge in [0.15, 0.2) is 0 Å². The van der Waals surface area contributed by atoms with Crippen molar-refractivity contribution in [3.8, 4) is 0 Å². The van der Waals surface area contributed by atoms with Crippen molar-refractivity contribution >= 4 is 15.7 Å². The molecule has 0 spiro atoms. The smallest absolute Gasteiger partial charge is 0.261 e. The molecule has 160 valence electrons. The van der Waals surface area contributed by atoms with E-state index in [1.807, 2.05) is 31.2 Å². The molecular weight excluding hydrogens is 378 g/mol. The van der Waals surface area contributed by atoms with E-state index in [1.165, 1.54) is 69.8 Å². The first kappa shape index (κ1) is 23.5. The Kier molecular flexibility index (Phi) is 10.3. The molecule has 0 aliphatic carbocycles. The maximum Gasteiger partial charge on any atom is 0.261 e. The molecule has 0 bridgehead atoms. The lowest BCUT2D eigenvalue weighted by Gasteiger charge is -2.09. The predicted octanol–water partition coefficient (Wildman–Crippen LogP) is 7.26. The van der Waals surface area contributed by atoms with Gasteiger partial charge in [-0.05, 0) is 49.6 Å². The topological polar surface area (TPSA) is 46.2 Å². The second-order valence-corrected chi connectivity index (χ2v) is 9.73. The zero-order chi connectivity index (χ0) is 21.0. The molecule has 2 rings (SSSR count). The van der Waals surface area contributed by atoms with Crippen LogP contribution in [-0.4, -0.2) is 8.42 Å². The van der Waals surface area contributed by atoms with Crippen molar-refractivity contribution in [2.24, 2.45) is 0 Å². The molecule has 0 heterocycles. The second kappa shape index (κ2) is 12.7. The van der Waals surface area contributed by atoms with Crippen LogP contribution in [0, 0.1) is 6.92 Å². The third-order valence-corrected chi connectivity index (χ3v) is 6.75. The molecule has 29 heavy (non-hydrogen) atoms. The maximum atomic E-state index is 12.5. The van der Waals surface area contributed by atoms with Gasteiger partial charge < -0.3 is 0 Å². The average molecular weight is 416 g/mol. The van der Waals surface area contributed by atoms with Crippen molar-refractivity contribution in [3.63, 3.8) is 0 Å². The van der Waals surface area contributed by atoms with Gasteiger partial charge in [-0.1, -0.05) is 94.5 Å². The van der Waals surface area contributed by atoms with Gasteiger partial charge in [0.2, 0.25) is 0 Å². The minimum absolute atomic E-state index is 0.310. The largest absolute Gasteiger partial charge is 0.280 e. The highest BCUT2D eigenvalue weighted by Crippen LogP contribution is 2.18. The van der Waals surface area contributed by atoms with E-state index in [1.54, 1.807) is 24.3 Å². The number of hydrogen-bond donors (Lipinski definition) is 1. The van der Waals surface area contributed by atoms with Crippen LogP contribution >= 0.6 is 0 Å². The highest BCUT2D eigenvalue weighted by Gasteiger charge is 2.13. The summed E-state index contributed by atoms with van der Waals surface area (Å²) in [5, 5.41) is 0. The first-order chi connectivity index (χ1) is 14.0. The molecule has 3 nitrogen and oxygen atoms in total. The number of sulfonamides is 1. The molecular formula is C25H37NO2S. The molecule has 1 N–H and O–H groups in total. The lowest BCUT2D eigenvalue weighted by molar-refractivity contribution is 0.556. The van der Waals surface area contributed by atoms with Crippen molar-refractivity contribution < 1.29 is 8.42 Å². The SMILES string of the molecule is CCCCCCCCCCCCc1ccc(S(=O)(=O)Nc2ccc(C)cc2)cc1. The Labute approximate surface area is 178 Å². The molecule has 0 atom stereocenters. The maximum absolute atomic E-state index is 12.5. The lowest BCUT2D eigenvalue weighted by atomic mass is 10.0. The number of nitrogens with one attached hydrogen (secondary N) is 1. The van der Waals surface area contributed by atoms with Crippen LogP contribution in [0.15, 0.2) is 53.4 Å². The van der Waals surface area contributed by atoms with E-state index in [0.29, 0.717) is 10.6 Å². The number of aryl methyl sites for hydroxylation is 2. The molecule has 2 aromatic carbocycles. The van der Waals surface area contributed by atoms with Gasteiger partial charge >= 0.3 is 0 Å². The van der Waals surface area contributed by atoms with Gasteiger partial charge in [-0.15, -0.1) is 0 Å². The highest BCUT2D eigenvalue weighted by atomic mass is 32.2. The molecule has 0 aromatic heterocycles. The van der Waals surface area contributed by atoms with E-state index in [0.717, 1.165) is 12.0 Å². The van der Waals surface area contributed by atoms with Gasteiger partial charge in [-0.3, -0.25) is 4.72 Å². The Hall–Kier alpha value is -1.81. The third kappa shape index (κ3) is 9.03. The van der Waals surface area contributed by atoms with Crippen LogP contribution in [0.2, 0.25) is 0 Å². The van der Waals surface area contributed by atoms with Gasteiger partial charge in [0.1, 0.15) is 0 Å². The fourth-order valence-electron chi connectivity index (χ4n) is 3.49. The summed E-state index contributed by atoms with van der Waals surface area (Å²) >= 11 is 0. The standard InChI is InChI=1S/C25H37NO2S/c1-3-4-5-6-7-8-9-10-11-12-13-23-16-20-25(21-17-23)29(27,28)26-24-18-14-22(2)15-19-24/h14-21,26H,3-13H2,1-2H3. The Balaban J connectivity index is 1.68. The zero-order valence-electron chi connectivity index (χ0n) is 18.1. The molecule has 2 aromatic rings. The van der Waals surface area contributed by atoms with Crippen molar-refractivity contribution in [3.05, 3.63) is 59.7 Å². The first-order valence-corrected chi connectivity index (χ1v) is 12.7. The summed E-state index contributed by atoms with van der Waals surface area (Å²) in [6.07, 6.45) is 14.3. The molecule has 0 saturated heterocycles. The molecule has 0 aliphatic rings. The monoisotopic (exact) mass is 415 g/mol. The van der Waals surface area contributed by atoms with E-state index in [-0.39, 0.29) is 0 Å². The van der Waals surface area contributed by atoms with Crippen molar-refractivity contribution in [1.82, 2.24) is 0 Å². The van der Waals surface area contributed by atoms with Crippen LogP contribution in [0.5, 0.6) is 0 Å². The first-order valence-electron chi connectivity index (χ1n) is 11.2. The molecule has 0 saturated carbocycles. The van der Waals surface area contributed by atoms with Gasteiger partial charge in [0.25, 0.3) is 10.0 Å². The average Bonchev–Trinajstić information content (AvgIpc) is 2.71. The fourth-order valence-corrected chi connectivity index (χ4v) is 4.55. The van der Waals surface area contributed by atoms with Crippen LogP contribution in [0.3, 0.4) is 0 Å². The molecule has 0 unspecified atom stereocenters. The lowest BCUT2D eigenvalue weighted by Crippen LogP contribution is -2.12. The summed E-state index contributed by atoms with van der Waals surface area (Å²) < 4.78 is 27.7. The van der Waals surface area contributed by atoms with E-state index in [2.05, 4.69) is 11.6 Å². The third-order valence-electron chi connectivity index (χ3n) is 5.36. The molecule has 0 amide bonds. The number of benzene rings is 2. The van der Waals surface area contributed by atoms with Gasteiger partial charge in [0.05, 0.1) is 4.90 Å². The Morgan fingerprint density at radius 3 is 1.76 bits per heavy atom. The van der Waals surface area contributed by atoms with Crippen molar-refractivity contribution in [2.75, 3.05) is 4.72 Å². The van der Waals surface area contributed by atoms with Crippen LogP contribution in [0.4, 0.5) is 5.69 Å². The second-order valence-electron chi connectivity index (χ2n) is 8.05. The van der Waals surface area contributed by atoms with Crippen LogP contribution in [0.1, 0.15) is 82.3 Å². The normalized spacial score (nSPS) is 11.5. The van der Waals surface area contributed by atoms with Crippen LogP contribution < -0.4 is 4.72 Å². The number of unbranched alkanes of at least 4 members (excludes halogenated alkanes) is 9. The van der Waals surface area contributed by atoms with E-state index >= 15 is 0 Å². The van der Waals surface area contributed by atoms with Crippen LogP contribution in [0.25, 0.3) is 0 Å². The highest BCUT2D eigenvalue weighted by molar-refractivity contribution is 7.92.